The van der Waals surface area contributed by atoms with Gasteiger partial charge >= 0.3 is 0 Å². The molecule has 2 N–H and O–H groups in total. The Morgan fingerprint density at radius 3 is 2.88 bits per heavy atom. The highest BCUT2D eigenvalue weighted by Crippen LogP contribution is 2.37. The summed E-state index contributed by atoms with van der Waals surface area (Å²) in [5.41, 5.74) is 7.27. The van der Waals surface area contributed by atoms with Gasteiger partial charge in [0.15, 0.2) is 0 Å². The van der Waals surface area contributed by atoms with Crippen LogP contribution in [0.1, 0.15) is 24.9 Å². The molecule has 0 saturated carbocycles. The molecule has 2 rings (SSSR count). The number of ether oxygens (including phenoxy) is 1. The molecular weight excluding hydrogens is 257 g/mol. The molecule has 17 heavy (non-hydrogen) atoms. The number of hydrogen-bond donors (Lipinski definition) is 1. The second-order valence-electron chi connectivity index (χ2n) is 4.67. The van der Waals surface area contributed by atoms with Crippen LogP contribution < -0.4 is 5.73 Å². The van der Waals surface area contributed by atoms with Crippen LogP contribution in [0.5, 0.6) is 0 Å². The molecule has 1 fully saturated rings. The van der Waals surface area contributed by atoms with Gasteiger partial charge in [-0.3, -0.25) is 0 Å². The van der Waals surface area contributed by atoms with Crippen LogP contribution in [0, 0.1) is 11.8 Å². The molecule has 0 bridgehead atoms. The van der Waals surface area contributed by atoms with Crippen LogP contribution in [0.3, 0.4) is 0 Å². The summed E-state index contributed by atoms with van der Waals surface area (Å²) < 4.78 is 5.44. The van der Waals surface area contributed by atoms with Crippen molar-refractivity contribution in [3.8, 4) is 0 Å². The number of hydrogen-bond acceptors (Lipinski definition) is 2. The van der Waals surface area contributed by atoms with Crippen molar-refractivity contribution in [2.24, 2.45) is 17.6 Å². The summed E-state index contributed by atoms with van der Waals surface area (Å²) in [5, 5.41) is 1.15. The molecule has 0 aromatic heterocycles. The summed E-state index contributed by atoms with van der Waals surface area (Å²) in [6, 6.07) is 5.57. The van der Waals surface area contributed by atoms with Gasteiger partial charge < -0.3 is 10.5 Å². The molecule has 1 heterocycles. The van der Waals surface area contributed by atoms with Crippen molar-refractivity contribution in [3.63, 3.8) is 0 Å². The first kappa shape index (κ1) is 13.2. The molecule has 1 aliphatic rings. The van der Waals surface area contributed by atoms with Crippen molar-refractivity contribution in [2.45, 2.75) is 19.4 Å². The normalized spacial score (nSPS) is 26.8. The van der Waals surface area contributed by atoms with E-state index in [4.69, 9.17) is 33.7 Å². The van der Waals surface area contributed by atoms with Crippen LogP contribution in [-0.2, 0) is 4.74 Å². The highest BCUT2D eigenvalue weighted by Gasteiger charge is 2.29. The summed E-state index contributed by atoms with van der Waals surface area (Å²) in [6.45, 7) is 3.72. The van der Waals surface area contributed by atoms with E-state index >= 15 is 0 Å². The van der Waals surface area contributed by atoms with Crippen molar-refractivity contribution in [1.29, 1.82) is 0 Å². The molecule has 0 spiro atoms. The Hall–Kier alpha value is -0.280. The molecule has 0 radical (unpaired) electrons. The lowest BCUT2D eigenvalue weighted by Gasteiger charge is -2.33. The number of halogens is 2. The molecule has 0 amide bonds. The minimum atomic E-state index is -0.0694. The van der Waals surface area contributed by atoms with Crippen LogP contribution in [0.15, 0.2) is 18.2 Å². The highest BCUT2D eigenvalue weighted by molar-refractivity contribution is 6.42. The molecule has 0 aliphatic carbocycles. The SMILES string of the molecule is CC1COCCC1C(N)c1cccc(Cl)c1Cl. The second-order valence-corrected chi connectivity index (χ2v) is 5.46. The van der Waals surface area contributed by atoms with E-state index in [0.29, 0.717) is 21.9 Å². The first-order valence-electron chi connectivity index (χ1n) is 5.88. The van der Waals surface area contributed by atoms with Gasteiger partial charge in [-0.15, -0.1) is 0 Å². The predicted molar refractivity (Wildman–Crippen MR) is 71.5 cm³/mol. The molecule has 2 nitrogen and oxygen atoms in total. The van der Waals surface area contributed by atoms with Gasteiger partial charge in [0.1, 0.15) is 0 Å². The Kier molecular flexibility index (Phi) is 4.31. The first-order valence-corrected chi connectivity index (χ1v) is 6.64. The third-order valence-corrected chi connectivity index (χ3v) is 4.34. The lowest BCUT2D eigenvalue weighted by atomic mass is 9.81. The Morgan fingerprint density at radius 2 is 2.18 bits per heavy atom. The largest absolute Gasteiger partial charge is 0.381 e. The van der Waals surface area contributed by atoms with Crippen LogP contribution in [0.4, 0.5) is 0 Å². The molecule has 94 valence electrons. The number of nitrogens with two attached hydrogens (primary N) is 1. The summed E-state index contributed by atoms with van der Waals surface area (Å²) in [5.74, 6) is 0.855. The lowest BCUT2D eigenvalue weighted by molar-refractivity contribution is 0.0154. The molecule has 3 atom stereocenters. The Labute approximate surface area is 112 Å². The van der Waals surface area contributed by atoms with Gasteiger partial charge in [0, 0.05) is 19.3 Å². The zero-order chi connectivity index (χ0) is 12.4. The van der Waals surface area contributed by atoms with E-state index in [-0.39, 0.29) is 6.04 Å². The third kappa shape index (κ3) is 2.76. The summed E-state index contributed by atoms with van der Waals surface area (Å²) in [7, 11) is 0. The van der Waals surface area contributed by atoms with Crippen LogP contribution in [-0.4, -0.2) is 13.2 Å². The van der Waals surface area contributed by atoms with Gasteiger partial charge in [0.05, 0.1) is 10.0 Å². The fourth-order valence-corrected chi connectivity index (χ4v) is 2.87. The van der Waals surface area contributed by atoms with Gasteiger partial charge in [-0.05, 0) is 29.9 Å². The standard InChI is InChI=1S/C13H17Cl2NO/c1-8-7-17-6-5-9(8)13(16)10-3-2-4-11(14)12(10)15/h2-4,8-9,13H,5-7,16H2,1H3. The van der Waals surface area contributed by atoms with Gasteiger partial charge in [-0.2, -0.15) is 0 Å². The van der Waals surface area contributed by atoms with Crippen LogP contribution in [0.2, 0.25) is 10.0 Å². The molecule has 1 aliphatic heterocycles. The highest BCUT2D eigenvalue weighted by atomic mass is 35.5. The van der Waals surface area contributed by atoms with Crippen molar-refractivity contribution in [1.82, 2.24) is 0 Å². The molecule has 3 unspecified atom stereocenters. The number of benzene rings is 1. The Bertz CT molecular complexity index is 397. The Balaban J connectivity index is 2.23. The van der Waals surface area contributed by atoms with Crippen LogP contribution in [0.25, 0.3) is 0 Å². The van der Waals surface area contributed by atoms with Crippen molar-refractivity contribution >= 4 is 23.2 Å². The Morgan fingerprint density at radius 1 is 1.41 bits per heavy atom. The first-order chi connectivity index (χ1) is 8.11. The van der Waals surface area contributed by atoms with Gasteiger partial charge in [0.25, 0.3) is 0 Å². The zero-order valence-corrected chi connectivity index (χ0v) is 11.3. The summed E-state index contributed by atoms with van der Waals surface area (Å²) in [4.78, 5) is 0. The van der Waals surface area contributed by atoms with E-state index < -0.39 is 0 Å². The lowest BCUT2D eigenvalue weighted by Crippen LogP contribution is -2.34. The average molecular weight is 274 g/mol. The predicted octanol–water partition coefficient (Wildman–Crippen LogP) is 3.67. The monoisotopic (exact) mass is 273 g/mol. The molecule has 1 aromatic rings. The van der Waals surface area contributed by atoms with Crippen molar-refractivity contribution in [2.75, 3.05) is 13.2 Å². The second kappa shape index (κ2) is 5.57. The summed E-state index contributed by atoms with van der Waals surface area (Å²) >= 11 is 12.2. The summed E-state index contributed by atoms with van der Waals surface area (Å²) in [6.07, 6.45) is 0.977. The van der Waals surface area contributed by atoms with Gasteiger partial charge in [-0.25, -0.2) is 0 Å². The van der Waals surface area contributed by atoms with E-state index in [2.05, 4.69) is 6.92 Å². The number of rotatable bonds is 2. The fraction of sp³-hybridized carbons (Fsp3) is 0.538. The van der Waals surface area contributed by atoms with Gasteiger partial charge in [0.2, 0.25) is 0 Å². The maximum atomic E-state index is 6.33. The van der Waals surface area contributed by atoms with Crippen LogP contribution >= 0.6 is 23.2 Å². The van der Waals surface area contributed by atoms with E-state index in [9.17, 15) is 0 Å². The van der Waals surface area contributed by atoms with E-state index in [1.807, 2.05) is 12.1 Å². The third-order valence-electron chi connectivity index (χ3n) is 3.51. The topological polar surface area (TPSA) is 35.2 Å². The molecule has 1 saturated heterocycles. The van der Waals surface area contributed by atoms with E-state index in [1.54, 1.807) is 6.07 Å². The van der Waals surface area contributed by atoms with E-state index in [0.717, 1.165) is 25.2 Å². The fourth-order valence-electron chi connectivity index (χ4n) is 2.44. The minimum absolute atomic E-state index is 0.0694. The van der Waals surface area contributed by atoms with Crippen molar-refractivity contribution in [3.05, 3.63) is 33.8 Å². The maximum absolute atomic E-state index is 6.33. The molecule has 1 aromatic carbocycles. The van der Waals surface area contributed by atoms with E-state index in [1.165, 1.54) is 0 Å². The zero-order valence-electron chi connectivity index (χ0n) is 9.83. The maximum Gasteiger partial charge on any atom is 0.0640 e. The molecule has 4 heteroatoms. The van der Waals surface area contributed by atoms with Crippen molar-refractivity contribution < 1.29 is 4.74 Å². The minimum Gasteiger partial charge on any atom is -0.381 e. The average Bonchev–Trinajstić information content (AvgIpc) is 2.32. The van der Waals surface area contributed by atoms with Gasteiger partial charge in [-0.1, -0.05) is 42.3 Å². The quantitative estimate of drug-likeness (QED) is 0.893. The smallest absolute Gasteiger partial charge is 0.0640 e. The molecular formula is C13H17Cl2NO.